The molecule has 0 aromatic heterocycles. The Bertz CT molecular complexity index is 492. The number of fused-ring (bicyclic) bond motifs is 2. The van der Waals surface area contributed by atoms with E-state index in [0.29, 0.717) is 19.4 Å². The number of amides is 2. The van der Waals surface area contributed by atoms with Gasteiger partial charge in [-0.3, -0.25) is 0 Å². The molecular formula is C15H21N3O2. The highest BCUT2D eigenvalue weighted by Crippen LogP contribution is 2.36. The van der Waals surface area contributed by atoms with E-state index < -0.39 is 0 Å². The summed E-state index contributed by atoms with van der Waals surface area (Å²) in [6.07, 6.45) is 3.15. The molecule has 3 rings (SSSR count). The molecule has 2 amide bonds. The van der Waals surface area contributed by atoms with Gasteiger partial charge in [-0.2, -0.15) is 0 Å². The third kappa shape index (κ3) is 2.51. The largest absolute Gasteiger partial charge is 0.393 e. The minimum Gasteiger partial charge on any atom is -0.393 e. The van der Waals surface area contributed by atoms with E-state index >= 15 is 0 Å². The number of benzene rings is 1. The maximum Gasteiger partial charge on any atom is 0.322 e. The predicted octanol–water partition coefficient (Wildman–Crippen LogP) is 1.66. The molecule has 0 saturated carbocycles. The molecule has 2 fully saturated rings. The molecule has 5 heteroatoms. The maximum absolute atomic E-state index is 12.4. The number of aliphatic hydroxyl groups excluding tert-OH is 1. The highest BCUT2D eigenvalue weighted by Gasteiger charge is 2.42. The summed E-state index contributed by atoms with van der Waals surface area (Å²) in [4.78, 5) is 14.4. The number of hydrogen-bond donors (Lipinski definition) is 3. The first kappa shape index (κ1) is 13.4. The quantitative estimate of drug-likeness (QED) is 0.768. The topological polar surface area (TPSA) is 78.6 Å². The van der Waals surface area contributed by atoms with Gasteiger partial charge in [0.05, 0.1) is 6.10 Å². The lowest BCUT2D eigenvalue weighted by atomic mass is 10.0. The van der Waals surface area contributed by atoms with Crippen molar-refractivity contribution in [1.29, 1.82) is 0 Å². The van der Waals surface area contributed by atoms with Gasteiger partial charge in [0.1, 0.15) is 0 Å². The zero-order valence-corrected chi connectivity index (χ0v) is 11.5. The van der Waals surface area contributed by atoms with E-state index in [9.17, 15) is 9.90 Å². The van der Waals surface area contributed by atoms with Crippen LogP contribution in [0.3, 0.4) is 0 Å². The molecule has 2 atom stereocenters. The van der Waals surface area contributed by atoms with E-state index in [2.05, 4.69) is 5.32 Å². The minimum atomic E-state index is -0.253. The lowest BCUT2D eigenvalue weighted by Gasteiger charge is -2.37. The fourth-order valence-corrected chi connectivity index (χ4v) is 3.44. The second-order valence-corrected chi connectivity index (χ2v) is 5.75. The molecule has 20 heavy (non-hydrogen) atoms. The molecular weight excluding hydrogens is 254 g/mol. The number of carbonyl (C=O) groups is 1. The predicted molar refractivity (Wildman–Crippen MR) is 77.2 cm³/mol. The van der Waals surface area contributed by atoms with Crippen LogP contribution in [0.5, 0.6) is 0 Å². The van der Waals surface area contributed by atoms with Gasteiger partial charge in [0, 0.05) is 24.3 Å². The molecule has 2 bridgehead atoms. The molecule has 2 aliphatic rings. The molecule has 1 aromatic carbocycles. The SMILES string of the molecule is NCc1cccc(NC(=O)N2C3CCC2CC(O)C3)c1. The highest BCUT2D eigenvalue weighted by molar-refractivity contribution is 5.90. The minimum absolute atomic E-state index is 0.0569. The number of carbonyl (C=O) groups excluding carboxylic acids is 1. The molecule has 2 aliphatic heterocycles. The smallest absolute Gasteiger partial charge is 0.322 e. The number of nitrogens with two attached hydrogens (primary N) is 1. The number of urea groups is 1. The fourth-order valence-electron chi connectivity index (χ4n) is 3.44. The van der Waals surface area contributed by atoms with Gasteiger partial charge < -0.3 is 21.1 Å². The first-order valence-corrected chi connectivity index (χ1v) is 7.23. The summed E-state index contributed by atoms with van der Waals surface area (Å²) < 4.78 is 0. The summed E-state index contributed by atoms with van der Waals surface area (Å²) >= 11 is 0. The van der Waals surface area contributed by atoms with Crippen LogP contribution in [0.25, 0.3) is 0 Å². The van der Waals surface area contributed by atoms with Crippen molar-refractivity contribution >= 4 is 11.7 Å². The molecule has 2 heterocycles. The number of nitrogens with zero attached hydrogens (tertiary/aromatic N) is 1. The van der Waals surface area contributed by atoms with Gasteiger partial charge in [0.25, 0.3) is 0 Å². The van der Waals surface area contributed by atoms with Gasteiger partial charge >= 0.3 is 6.03 Å². The van der Waals surface area contributed by atoms with Crippen molar-refractivity contribution in [2.75, 3.05) is 5.32 Å². The average molecular weight is 275 g/mol. The monoisotopic (exact) mass is 275 g/mol. The summed E-state index contributed by atoms with van der Waals surface area (Å²) in [5.41, 5.74) is 7.39. The Balaban J connectivity index is 1.70. The number of piperidine rings is 1. The lowest BCUT2D eigenvalue weighted by molar-refractivity contribution is 0.0580. The fraction of sp³-hybridized carbons (Fsp3) is 0.533. The Kier molecular flexibility index (Phi) is 3.63. The van der Waals surface area contributed by atoms with Crippen molar-refractivity contribution in [3.8, 4) is 0 Å². The molecule has 2 unspecified atom stereocenters. The first-order chi connectivity index (χ1) is 9.67. The van der Waals surface area contributed by atoms with Crippen LogP contribution < -0.4 is 11.1 Å². The van der Waals surface area contributed by atoms with Gasteiger partial charge in [0.15, 0.2) is 0 Å². The van der Waals surface area contributed by atoms with Gasteiger partial charge in [-0.25, -0.2) is 4.79 Å². The van der Waals surface area contributed by atoms with E-state index in [4.69, 9.17) is 5.73 Å². The van der Waals surface area contributed by atoms with Crippen LogP contribution in [0.4, 0.5) is 10.5 Å². The highest BCUT2D eigenvalue weighted by atomic mass is 16.3. The van der Waals surface area contributed by atoms with Crippen LogP contribution in [-0.2, 0) is 6.54 Å². The lowest BCUT2D eigenvalue weighted by Crippen LogP contribution is -2.49. The Morgan fingerprint density at radius 2 is 2.05 bits per heavy atom. The molecule has 1 aromatic rings. The van der Waals surface area contributed by atoms with Crippen LogP contribution in [0.15, 0.2) is 24.3 Å². The van der Waals surface area contributed by atoms with Gasteiger partial charge in [-0.05, 0) is 43.4 Å². The van der Waals surface area contributed by atoms with Crippen molar-refractivity contribution in [3.63, 3.8) is 0 Å². The van der Waals surface area contributed by atoms with Crippen molar-refractivity contribution in [1.82, 2.24) is 4.90 Å². The van der Waals surface area contributed by atoms with Crippen LogP contribution in [0.2, 0.25) is 0 Å². The number of hydrogen-bond acceptors (Lipinski definition) is 3. The second-order valence-electron chi connectivity index (χ2n) is 5.75. The Morgan fingerprint density at radius 1 is 1.35 bits per heavy atom. The Labute approximate surface area is 118 Å². The normalized spacial score (nSPS) is 28.5. The Morgan fingerprint density at radius 3 is 2.70 bits per heavy atom. The molecule has 2 saturated heterocycles. The van der Waals surface area contributed by atoms with E-state index in [1.54, 1.807) is 0 Å². The van der Waals surface area contributed by atoms with Crippen LogP contribution >= 0.6 is 0 Å². The molecule has 0 aliphatic carbocycles. The number of aliphatic hydroxyl groups is 1. The van der Waals surface area contributed by atoms with Crippen LogP contribution in [0.1, 0.15) is 31.2 Å². The molecule has 0 spiro atoms. The van der Waals surface area contributed by atoms with Crippen LogP contribution in [0, 0.1) is 0 Å². The Hall–Kier alpha value is -1.59. The summed E-state index contributed by atoms with van der Waals surface area (Å²) in [7, 11) is 0. The summed E-state index contributed by atoms with van der Waals surface area (Å²) in [6.45, 7) is 0.463. The standard InChI is InChI=1S/C15H21N3O2/c16-9-10-2-1-3-11(6-10)17-15(20)18-12-4-5-13(18)8-14(19)7-12/h1-3,6,12-14,19H,4-5,7-9,16H2,(H,17,20). The molecule has 5 nitrogen and oxygen atoms in total. The van der Waals surface area contributed by atoms with Gasteiger partial charge in [-0.1, -0.05) is 12.1 Å². The molecule has 4 N–H and O–H groups in total. The first-order valence-electron chi connectivity index (χ1n) is 7.23. The van der Waals surface area contributed by atoms with Gasteiger partial charge in [-0.15, -0.1) is 0 Å². The maximum atomic E-state index is 12.4. The summed E-state index contributed by atoms with van der Waals surface area (Å²) in [6, 6.07) is 7.92. The zero-order chi connectivity index (χ0) is 14.1. The van der Waals surface area contributed by atoms with Gasteiger partial charge in [0.2, 0.25) is 0 Å². The summed E-state index contributed by atoms with van der Waals surface area (Å²) in [5, 5.41) is 12.7. The number of anilines is 1. The number of rotatable bonds is 2. The van der Waals surface area contributed by atoms with Crippen molar-refractivity contribution in [2.45, 2.75) is 50.4 Å². The molecule has 108 valence electrons. The van der Waals surface area contributed by atoms with Crippen molar-refractivity contribution in [3.05, 3.63) is 29.8 Å². The number of nitrogens with one attached hydrogen (secondary N) is 1. The van der Waals surface area contributed by atoms with E-state index in [1.807, 2.05) is 29.2 Å². The third-order valence-electron chi connectivity index (χ3n) is 4.36. The van der Waals surface area contributed by atoms with Crippen molar-refractivity contribution < 1.29 is 9.90 Å². The van der Waals surface area contributed by atoms with E-state index in [1.165, 1.54) is 0 Å². The van der Waals surface area contributed by atoms with E-state index in [-0.39, 0.29) is 24.2 Å². The third-order valence-corrected chi connectivity index (χ3v) is 4.36. The average Bonchev–Trinajstić information content (AvgIpc) is 2.71. The van der Waals surface area contributed by atoms with Crippen molar-refractivity contribution in [2.24, 2.45) is 5.73 Å². The van der Waals surface area contributed by atoms with E-state index in [0.717, 1.165) is 24.1 Å². The molecule has 0 radical (unpaired) electrons. The van der Waals surface area contributed by atoms with Crippen LogP contribution in [-0.4, -0.2) is 34.2 Å². The second kappa shape index (κ2) is 5.42. The zero-order valence-electron chi connectivity index (χ0n) is 11.5. The summed E-state index contributed by atoms with van der Waals surface area (Å²) in [5.74, 6) is 0.